The van der Waals surface area contributed by atoms with Crippen molar-refractivity contribution in [3.63, 3.8) is 0 Å². The maximum absolute atomic E-state index is 5.84. The van der Waals surface area contributed by atoms with E-state index in [1.54, 1.807) is 0 Å². The van der Waals surface area contributed by atoms with E-state index in [1.807, 2.05) is 0 Å². The van der Waals surface area contributed by atoms with Crippen molar-refractivity contribution >= 4 is 0 Å². The van der Waals surface area contributed by atoms with E-state index in [0.29, 0.717) is 12.1 Å². The van der Waals surface area contributed by atoms with Gasteiger partial charge in [-0.1, -0.05) is 6.92 Å². The van der Waals surface area contributed by atoms with Gasteiger partial charge in [-0.05, 0) is 52.1 Å². The van der Waals surface area contributed by atoms with Crippen LogP contribution in [0.4, 0.5) is 0 Å². The van der Waals surface area contributed by atoms with E-state index in [-0.39, 0.29) is 0 Å². The molecule has 3 nitrogen and oxygen atoms in total. The third kappa shape index (κ3) is 3.67. The smallest absolute Gasteiger partial charge is 0.0728 e. The van der Waals surface area contributed by atoms with Gasteiger partial charge in [-0.3, -0.25) is 4.90 Å². The highest BCUT2D eigenvalue weighted by Crippen LogP contribution is 2.20. The molecule has 2 fully saturated rings. The second-order valence-corrected chi connectivity index (χ2v) is 5.53. The number of ether oxygens (including phenoxy) is 1. The first-order valence-corrected chi connectivity index (χ1v) is 7.40. The first-order valence-electron chi connectivity index (χ1n) is 7.40. The number of nitrogens with one attached hydrogen (secondary N) is 1. The summed E-state index contributed by atoms with van der Waals surface area (Å²) in [5, 5.41) is 3.64. The Morgan fingerprint density at radius 3 is 2.88 bits per heavy atom. The van der Waals surface area contributed by atoms with E-state index >= 15 is 0 Å². The molecule has 0 radical (unpaired) electrons. The average molecular weight is 240 g/mol. The van der Waals surface area contributed by atoms with Gasteiger partial charge in [-0.25, -0.2) is 0 Å². The molecule has 0 aromatic carbocycles. The molecule has 0 aliphatic carbocycles. The molecule has 2 saturated heterocycles. The molecule has 3 unspecified atom stereocenters. The molecular formula is C14H28N2O. The Kier molecular flexibility index (Phi) is 5.26. The molecule has 17 heavy (non-hydrogen) atoms. The molecule has 0 saturated carbocycles. The fraction of sp³-hybridized carbons (Fsp3) is 1.00. The zero-order valence-corrected chi connectivity index (χ0v) is 11.5. The van der Waals surface area contributed by atoms with Crippen molar-refractivity contribution in [3.05, 3.63) is 0 Å². The van der Waals surface area contributed by atoms with Crippen LogP contribution in [0.2, 0.25) is 0 Å². The molecular weight excluding hydrogens is 212 g/mol. The van der Waals surface area contributed by atoms with Crippen LogP contribution in [0.1, 0.15) is 46.0 Å². The minimum absolute atomic E-state index is 0.488. The molecule has 0 bridgehead atoms. The van der Waals surface area contributed by atoms with Gasteiger partial charge in [0.2, 0.25) is 0 Å². The molecule has 0 aromatic rings. The highest BCUT2D eigenvalue weighted by molar-refractivity contribution is 4.82. The Morgan fingerprint density at radius 2 is 2.18 bits per heavy atom. The first kappa shape index (κ1) is 13.3. The maximum atomic E-state index is 5.84. The van der Waals surface area contributed by atoms with Gasteiger partial charge < -0.3 is 10.1 Å². The average Bonchev–Trinajstić information content (AvgIpc) is 2.82. The lowest BCUT2D eigenvalue weighted by Crippen LogP contribution is -2.46. The fourth-order valence-corrected chi connectivity index (χ4v) is 3.10. The summed E-state index contributed by atoms with van der Waals surface area (Å²) in [6.07, 6.45) is 6.81. The molecule has 1 N–H and O–H groups in total. The van der Waals surface area contributed by atoms with Gasteiger partial charge in [-0.2, -0.15) is 0 Å². The molecule has 100 valence electrons. The highest BCUT2D eigenvalue weighted by atomic mass is 16.5. The lowest BCUT2D eigenvalue weighted by atomic mass is 10.0. The van der Waals surface area contributed by atoms with E-state index in [2.05, 4.69) is 24.1 Å². The second-order valence-electron chi connectivity index (χ2n) is 5.53. The molecule has 2 aliphatic heterocycles. The molecule has 0 aromatic heterocycles. The van der Waals surface area contributed by atoms with Crippen LogP contribution in [0, 0.1) is 0 Å². The van der Waals surface area contributed by atoms with E-state index < -0.39 is 0 Å². The summed E-state index contributed by atoms with van der Waals surface area (Å²) in [5.41, 5.74) is 0. The maximum Gasteiger partial charge on any atom is 0.0728 e. The van der Waals surface area contributed by atoms with Crippen molar-refractivity contribution in [2.75, 3.05) is 26.2 Å². The zero-order chi connectivity index (χ0) is 12.1. The number of hydrogen-bond acceptors (Lipinski definition) is 3. The second kappa shape index (κ2) is 6.72. The van der Waals surface area contributed by atoms with Crippen LogP contribution in [0.3, 0.4) is 0 Å². The van der Waals surface area contributed by atoms with Crippen LogP contribution in [-0.4, -0.2) is 49.3 Å². The van der Waals surface area contributed by atoms with E-state index in [0.717, 1.165) is 12.6 Å². The molecule has 2 aliphatic rings. The lowest BCUT2D eigenvalue weighted by molar-refractivity contribution is 0.0271. The Labute approximate surface area is 106 Å². The van der Waals surface area contributed by atoms with E-state index in [9.17, 15) is 0 Å². The molecule has 0 amide bonds. The number of rotatable bonds is 3. The molecule has 2 rings (SSSR count). The van der Waals surface area contributed by atoms with Crippen molar-refractivity contribution in [2.45, 2.75) is 64.1 Å². The predicted molar refractivity (Wildman–Crippen MR) is 71.3 cm³/mol. The largest absolute Gasteiger partial charge is 0.377 e. The van der Waals surface area contributed by atoms with E-state index in [4.69, 9.17) is 4.74 Å². The Morgan fingerprint density at radius 1 is 1.29 bits per heavy atom. The minimum atomic E-state index is 0.488. The van der Waals surface area contributed by atoms with Crippen molar-refractivity contribution in [2.24, 2.45) is 0 Å². The van der Waals surface area contributed by atoms with Gasteiger partial charge in [0.05, 0.1) is 6.10 Å². The summed E-state index contributed by atoms with van der Waals surface area (Å²) in [5.74, 6) is 0. The van der Waals surface area contributed by atoms with Crippen LogP contribution >= 0.6 is 0 Å². The van der Waals surface area contributed by atoms with Crippen molar-refractivity contribution < 1.29 is 4.74 Å². The van der Waals surface area contributed by atoms with Gasteiger partial charge in [0.25, 0.3) is 0 Å². The van der Waals surface area contributed by atoms with Crippen LogP contribution < -0.4 is 5.32 Å². The predicted octanol–water partition coefficient (Wildman–Crippen LogP) is 2.02. The summed E-state index contributed by atoms with van der Waals surface area (Å²) >= 11 is 0. The van der Waals surface area contributed by atoms with E-state index in [1.165, 1.54) is 51.7 Å². The standard InChI is InChI=1S/C14H28N2O/c1-3-13-7-10-16(9-5-8-15-13)12(2)14-6-4-11-17-14/h12-15H,3-11H2,1-2H3. The van der Waals surface area contributed by atoms with Gasteiger partial charge in [0.1, 0.15) is 0 Å². The Balaban J connectivity index is 1.85. The Hall–Kier alpha value is -0.120. The van der Waals surface area contributed by atoms with Gasteiger partial charge in [-0.15, -0.1) is 0 Å². The topological polar surface area (TPSA) is 24.5 Å². The third-order valence-electron chi connectivity index (χ3n) is 4.39. The van der Waals surface area contributed by atoms with Crippen LogP contribution in [0.15, 0.2) is 0 Å². The van der Waals surface area contributed by atoms with Gasteiger partial charge in [0, 0.05) is 25.2 Å². The zero-order valence-electron chi connectivity index (χ0n) is 11.5. The number of nitrogens with zero attached hydrogens (tertiary/aromatic N) is 1. The Bertz CT molecular complexity index is 216. The van der Waals surface area contributed by atoms with Gasteiger partial charge in [0.15, 0.2) is 0 Å². The van der Waals surface area contributed by atoms with Crippen LogP contribution in [-0.2, 0) is 4.74 Å². The third-order valence-corrected chi connectivity index (χ3v) is 4.39. The van der Waals surface area contributed by atoms with Crippen molar-refractivity contribution in [3.8, 4) is 0 Å². The summed E-state index contributed by atoms with van der Waals surface area (Å²) < 4.78 is 5.84. The summed E-state index contributed by atoms with van der Waals surface area (Å²) in [6.45, 7) is 9.24. The van der Waals surface area contributed by atoms with Crippen molar-refractivity contribution in [1.82, 2.24) is 10.2 Å². The highest BCUT2D eigenvalue weighted by Gasteiger charge is 2.27. The first-order chi connectivity index (χ1) is 8.31. The lowest BCUT2D eigenvalue weighted by Gasteiger charge is -2.35. The molecule has 3 heteroatoms. The SMILES string of the molecule is CCC1CCN(C(C)C2CCCO2)CCCN1. The minimum Gasteiger partial charge on any atom is -0.377 e. The summed E-state index contributed by atoms with van der Waals surface area (Å²) in [6, 6.07) is 1.32. The van der Waals surface area contributed by atoms with Crippen LogP contribution in [0.25, 0.3) is 0 Å². The monoisotopic (exact) mass is 240 g/mol. The number of hydrogen-bond donors (Lipinski definition) is 1. The van der Waals surface area contributed by atoms with Gasteiger partial charge >= 0.3 is 0 Å². The summed E-state index contributed by atoms with van der Waals surface area (Å²) in [7, 11) is 0. The van der Waals surface area contributed by atoms with Crippen molar-refractivity contribution in [1.29, 1.82) is 0 Å². The van der Waals surface area contributed by atoms with Crippen LogP contribution in [0.5, 0.6) is 0 Å². The quantitative estimate of drug-likeness (QED) is 0.817. The summed E-state index contributed by atoms with van der Waals surface area (Å²) in [4.78, 5) is 2.65. The molecule has 3 atom stereocenters. The normalized spacial score (nSPS) is 34.2. The fourth-order valence-electron chi connectivity index (χ4n) is 3.10. The molecule has 2 heterocycles. The molecule has 0 spiro atoms.